The molecule has 5 heteroatoms. The van der Waals surface area contributed by atoms with Gasteiger partial charge in [0.15, 0.2) is 0 Å². The van der Waals surface area contributed by atoms with Crippen LogP contribution < -0.4 is 0 Å². The molecule has 98 valence electrons. The van der Waals surface area contributed by atoms with E-state index in [9.17, 15) is 4.79 Å². The van der Waals surface area contributed by atoms with Crippen LogP contribution in [0.2, 0.25) is 10.0 Å². The Morgan fingerprint density at radius 1 is 1.39 bits per heavy atom. The zero-order chi connectivity index (χ0) is 13.1. The maximum atomic E-state index is 12.1. The minimum atomic E-state index is 0.0148. The lowest BCUT2D eigenvalue weighted by molar-refractivity contribution is -0.129. The summed E-state index contributed by atoms with van der Waals surface area (Å²) in [6.45, 7) is 1.46. The second kappa shape index (κ2) is 5.91. The highest BCUT2D eigenvalue weighted by Crippen LogP contribution is 2.26. The van der Waals surface area contributed by atoms with Gasteiger partial charge in [0.05, 0.1) is 6.42 Å². The van der Waals surface area contributed by atoms with Crippen LogP contribution in [0.1, 0.15) is 12.0 Å². The fourth-order valence-corrected chi connectivity index (χ4v) is 2.70. The molecule has 1 aliphatic heterocycles. The molecule has 1 N–H and O–H groups in total. The lowest BCUT2D eigenvalue weighted by Gasteiger charge is -2.17. The van der Waals surface area contributed by atoms with E-state index in [1.807, 2.05) is 0 Å². The lowest BCUT2D eigenvalue weighted by atomic mass is 10.1. The van der Waals surface area contributed by atoms with E-state index in [1.165, 1.54) is 0 Å². The summed E-state index contributed by atoms with van der Waals surface area (Å²) in [6, 6.07) is 5.23. The predicted octanol–water partition coefficient (Wildman–Crippen LogP) is 2.38. The van der Waals surface area contributed by atoms with Gasteiger partial charge in [0.25, 0.3) is 0 Å². The monoisotopic (exact) mass is 287 g/mol. The molecule has 18 heavy (non-hydrogen) atoms. The van der Waals surface area contributed by atoms with Gasteiger partial charge in [-0.15, -0.1) is 0 Å². The number of aliphatic hydroxyl groups is 1. The SMILES string of the molecule is O=C(Cc1c(Cl)cccc1Cl)N1CCC(CO)C1. The molecule has 1 fully saturated rings. The molecule has 1 aromatic carbocycles. The number of amides is 1. The molecular weight excluding hydrogens is 273 g/mol. The van der Waals surface area contributed by atoms with E-state index in [4.69, 9.17) is 28.3 Å². The van der Waals surface area contributed by atoms with E-state index in [-0.39, 0.29) is 24.9 Å². The third kappa shape index (κ3) is 2.97. The summed E-state index contributed by atoms with van der Waals surface area (Å²) in [5.41, 5.74) is 0.679. The number of nitrogens with zero attached hydrogens (tertiary/aromatic N) is 1. The van der Waals surface area contributed by atoms with Crippen molar-refractivity contribution in [1.82, 2.24) is 4.90 Å². The third-order valence-electron chi connectivity index (χ3n) is 3.29. The molecule has 1 unspecified atom stereocenters. The molecular formula is C13H15Cl2NO2. The van der Waals surface area contributed by atoms with E-state index in [0.29, 0.717) is 28.7 Å². The van der Waals surface area contributed by atoms with Gasteiger partial charge in [-0.1, -0.05) is 29.3 Å². The van der Waals surface area contributed by atoms with Crippen molar-refractivity contribution in [3.63, 3.8) is 0 Å². The van der Waals surface area contributed by atoms with Gasteiger partial charge in [0, 0.05) is 35.7 Å². The Morgan fingerprint density at radius 3 is 2.61 bits per heavy atom. The fourth-order valence-electron chi connectivity index (χ4n) is 2.17. The van der Waals surface area contributed by atoms with Crippen molar-refractivity contribution in [1.29, 1.82) is 0 Å². The van der Waals surface area contributed by atoms with Gasteiger partial charge in [-0.3, -0.25) is 4.79 Å². The number of likely N-dealkylation sites (tertiary alicyclic amines) is 1. The maximum Gasteiger partial charge on any atom is 0.227 e. The van der Waals surface area contributed by atoms with Crippen LogP contribution in [0.3, 0.4) is 0 Å². The number of hydrogen-bond acceptors (Lipinski definition) is 2. The van der Waals surface area contributed by atoms with Crippen molar-refractivity contribution in [3.8, 4) is 0 Å². The molecule has 0 bridgehead atoms. The predicted molar refractivity (Wildman–Crippen MR) is 71.9 cm³/mol. The fraction of sp³-hybridized carbons (Fsp3) is 0.462. The molecule has 0 aromatic heterocycles. The quantitative estimate of drug-likeness (QED) is 0.927. The second-order valence-electron chi connectivity index (χ2n) is 4.55. The third-order valence-corrected chi connectivity index (χ3v) is 3.99. The van der Waals surface area contributed by atoms with Gasteiger partial charge in [-0.2, -0.15) is 0 Å². The Hall–Kier alpha value is -0.770. The van der Waals surface area contributed by atoms with Crippen LogP contribution in [-0.4, -0.2) is 35.6 Å². The number of halogens is 2. The standard InChI is InChI=1S/C13H15Cl2NO2/c14-11-2-1-3-12(15)10(11)6-13(18)16-5-4-9(7-16)8-17/h1-3,9,17H,4-8H2. The topological polar surface area (TPSA) is 40.5 Å². The van der Waals surface area contributed by atoms with E-state index in [2.05, 4.69) is 0 Å². The number of rotatable bonds is 3. The Bertz CT molecular complexity index is 430. The molecule has 1 amide bonds. The smallest absolute Gasteiger partial charge is 0.227 e. The van der Waals surface area contributed by atoms with Crippen molar-refractivity contribution < 1.29 is 9.90 Å². The maximum absolute atomic E-state index is 12.1. The largest absolute Gasteiger partial charge is 0.396 e. The lowest BCUT2D eigenvalue weighted by Crippen LogP contribution is -2.30. The minimum absolute atomic E-state index is 0.0148. The molecule has 0 aliphatic carbocycles. The first kappa shape index (κ1) is 13.7. The first-order chi connectivity index (χ1) is 8.61. The number of benzene rings is 1. The van der Waals surface area contributed by atoms with Crippen molar-refractivity contribution in [2.75, 3.05) is 19.7 Å². The summed E-state index contributed by atoms with van der Waals surface area (Å²) in [6.07, 6.45) is 1.08. The van der Waals surface area contributed by atoms with Crippen molar-refractivity contribution in [2.45, 2.75) is 12.8 Å². The molecule has 1 aliphatic rings. The molecule has 0 spiro atoms. The number of hydrogen-bond donors (Lipinski definition) is 1. The van der Waals surface area contributed by atoms with Gasteiger partial charge in [0.2, 0.25) is 5.91 Å². The molecule has 3 nitrogen and oxygen atoms in total. The van der Waals surface area contributed by atoms with E-state index in [0.717, 1.165) is 6.42 Å². The van der Waals surface area contributed by atoms with Gasteiger partial charge < -0.3 is 10.0 Å². The summed E-state index contributed by atoms with van der Waals surface area (Å²) in [7, 11) is 0. The average Bonchev–Trinajstić information content (AvgIpc) is 2.82. The number of carbonyl (C=O) groups excluding carboxylic acids is 1. The van der Waals surface area contributed by atoms with Crippen molar-refractivity contribution >= 4 is 29.1 Å². The molecule has 1 atom stereocenters. The van der Waals surface area contributed by atoms with Crippen LogP contribution in [0.15, 0.2) is 18.2 Å². The Balaban J connectivity index is 2.04. The highest BCUT2D eigenvalue weighted by Gasteiger charge is 2.26. The Morgan fingerprint density at radius 2 is 2.06 bits per heavy atom. The summed E-state index contributed by atoms with van der Waals surface area (Å²) >= 11 is 12.1. The summed E-state index contributed by atoms with van der Waals surface area (Å²) in [5.74, 6) is 0.219. The molecule has 0 radical (unpaired) electrons. The summed E-state index contributed by atoms with van der Waals surface area (Å²) in [4.78, 5) is 13.9. The van der Waals surface area contributed by atoms with Crippen molar-refractivity contribution in [3.05, 3.63) is 33.8 Å². The van der Waals surface area contributed by atoms with Gasteiger partial charge >= 0.3 is 0 Å². The summed E-state index contributed by atoms with van der Waals surface area (Å²) in [5, 5.41) is 10.1. The summed E-state index contributed by atoms with van der Waals surface area (Å²) < 4.78 is 0. The van der Waals surface area contributed by atoms with E-state index < -0.39 is 0 Å². The highest BCUT2D eigenvalue weighted by molar-refractivity contribution is 6.36. The van der Waals surface area contributed by atoms with Gasteiger partial charge in [-0.05, 0) is 24.1 Å². The van der Waals surface area contributed by atoms with E-state index >= 15 is 0 Å². The first-order valence-corrected chi connectivity index (χ1v) is 6.69. The van der Waals surface area contributed by atoms with Crippen molar-refractivity contribution in [2.24, 2.45) is 5.92 Å². The Kier molecular flexibility index (Phi) is 4.49. The molecule has 0 saturated carbocycles. The highest BCUT2D eigenvalue weighted by atomic mass is 35.5. The molecule has 1 saturated heterocycles. The molecule has 2 rings (SSSR count). The average molecular weight is 288 g/mol. The number of carbonyl (C=O) groups is 1. The van der Waals surface area contributed by atoms with Crippen LogP contribution in [0.5, 0.6) is 0 Å². The van der Waals surface area contributed by atoms with Crippen LogP contribution in [0, 0.1) is 5.92 Å². The molecule has 1 aromatic rings. The zero-order valence-corrected chi connectivity index (χ0v) is 11.4. The van der Waals surface area contributed by atoms with Crippen LogP contribution in [0.25, 0.3) is 0 Å². The zero-order valence-electron chi connectivity index (χ0n) is 9.90. The van der Waals surface area contributed by atoms with Crippen LogP contribution in [0.4, 0.5) is 0 Å². The number of aliphatic hydroxyl groups excluding tert-OH is 1. The second-order valence-corrected chi connectivity index (χ2v) is 5.37. The van der Waals surface area contributed by atoms with Gasteiger partial charge in [0.1, 0.15) is 0 Å². The Labute approximate surface area is 116 Å². The van der Waals surface area contributed by atoms with E-state index in [1.54, 1.807) is 23.1 Å². The van der Waals surface area contributed by atoms with Crippen LogP contribution >= 0.6 is 23.2 Å². The normalized spacial score (nSPS) is 19.3. The van der Waals surface area contributed by atoms with Crippen LogP contribution in [-0.2, 0) is 11.2 Å². The minimum Gasteiger partial charge on any atom is -0.396 e. The molecule has 1 heterocycles. The first-order valence-electron chi connectivity index (χ1n) is 5.93. The van der Waals surface area contributed by atoms with Gasteiger partial charge in [-0.25, -0.2) is 0 Å².